The molecule has 1 heterocycles. The van der Waals surface area contributed by atoms with Crippen LogP contribution in [0.3, 0.4) is 0 Å². The van der Waals surface area contributed by atoms with E-state index in [1.165, 1.54) is 10.5 Å². The SMILES string of the molecule is CC(CO)c1ccccc1SC1COC1. The van der Waals surface area contributed by atoms with Gasteiger partial charge >= 0.3 is 0 Å². The van der Waals surface area contributed by atoms with Crippen LogP contribution in [0.4, 0.5) is 0 Å². The summed E-state index contributed by atoms with van der Waals surface area (Å²) in [6.45, 7) is 3.97. The minimum atomic E-state index is 0.207. The van der Waals surface area contributed by atoms with Crippen LogP contribution in [0.2, 0.25) is 0 Å². The van der Waals surface area contributed by atoms with Crippen LogP contribution in [0.1, 0.15) is 18.4 Å². The van der Waals surface area contributed by atoms with Gasteiger partial charge in [0.05, 0.1) is 18.5 Å². The number of aliphatic hydroxyl groups is 1. The maximum absolute atomic E-state index is 9.18. The van der Waals surface area contributed by atoms with Crippen LogP contribution in [0.25, 0.3) is 0 Å². The fourth-order valence-corrected chi connectivity index (χ4v) is 2.81. The van der Waals surface area contributed by atoms with Crippen LogP contribution >= 0.6 is 11.8 Å². The van der Waals surface area contributed by atoms with Gasteiger partial charge in [-0.05, 0) is 11.6 Å². The summed E-state index contributed by atoms with van der Waals surface area (Å²) in [6, 6.07) is 8.31. The van der Waals surface area contributed by atoms with Gasteiger partial charge in [-0.15, -0.1) is 11.8 Å². The van der Waals surface area contributed by atoms with Gasteiger partial charge in [-0.25, -0.2) is 0 Å². The molecular weight excluding hydrogens is 208 g/mol. The van der Waals surface area contributed by atoms with Gasteiger partial charge in [-0.1, -0.05) is 25.1 Å². The molecule has 1 aliphatic heterocycles. The predicted molar refractivity (Wildman–Crippen MR) is 62.4 cm³/mol. The summed E-state index contributed by atoms with van der Waals surface area (Å²) in [5.74, 6) is 0.217. The lowest BCUT2D eigenvalue weighted by atomic mass is 10.0. The number of rotatable bonds is 4. The first-order valence-electron chi connectivity index (χ1n) is 5.25. The van der Waals surface area contributed by atoms with Crippen molar-refractivity contribution in [2.75, 3.05) is 19.8 Å². The number of aliphatic hydroxyl groups excluding tert-OH is 1. The van der Waals surface area contributed by atoms with Crippen LogP contribution in [0.15, 0.2) is 29.2 Å². The monoisotopic (exact) mass is 224 g/mol. The zero-order chi connectivity index (χ0) is 10.7. The first-order valence-corrected chi connectivity index (χ1v) is 6.13. The Morgan fingerprint density at radius 3 is 2.80 bits per heavy atom. The highest BCUT2D eigenvalue weighted by Gasteiger charge is 2.21. The molecule has 0 spiro atoms. The molecule has 0 radical (unpaired) electrons. The van der Waals surface area contributed by atoms with Crippen LogP contribution in [0, 0.1) is 0 Å². The second-order valence-electron chi connectivity index (χ2n) is 3.90. The number of hydrogen-bond acceptors (Lipinski definition) is 3. The highest BCUT2D eigenvalue weighted by Crippen LogP contribution is 2.33. The average molecular weight is 224 g/mol. The van der Waals surface area contributed by atoms with E-state index < -0.39 is 0 Å². The van der Waals surface area contributed by atoms with Crippen molar-refractivity contribution < 1.29 is 9.84 Å². The zero-order valence-electron chi connectivity index (χ0n) is 8.85. The summed E-state index contributed by atoms with van der Waals surface area (Å²) in [7, 11) is 0. The molecule has 0 aromatic heterocycles. The first-order chi connectivity index (χ1) is 7.31. The van der Waals surface area contributed by atoms with Gasteiger partial charge in [-0.3, -0.25) is 0 Å². The molecule has 1 aromatic carbocycles. The third-order valence-electron chi connectivity index (χ3n) is 2.62. The van der Waals surface area contributed by atoms with Gasteiger partial charge < -0.3 is 9.84 Å². The van der Waals surface area contributed by atoms with Crippen molar-refractivity contribution in [2.45, 2.75) is 23.0 Å². The van der Waals surface area contributed by atoms with Gasteiger partial charge in [0.2, 0.25) is 0 Å². The lowest BCUT2D eigenvalue weighted by Gasteiger charge is -2.26. The second kappa shape index (κ2) is 5.01. The highest BCUT2D eigenvalue weighted by atomic mass is 32.2. The third-order valence-corrected chi connectivity index (χ3v) is 3.86. The number of thioether (sulfide) groups is 1. The van der Waals surface area contributed by atoms with Gasteiger partial charge in [0, 0.05) is 17.4 Å². The van der Waals surface area contributed by atoms with Crippen molar-refractivity contribution in [3.8, 4) is 0 Å². The van der Waals surface area contributed by atoms with E-state index in [-0.39, 0.29) is 12.5 Å². The highest BCUT2D eigenvalue weighted by molar-refractivity contribution is 8.00. The minimum absolute atomic E-state index is 0.207. The van der Waals surface area contributed by atoms with E-state index in [4.69, 9.17) is 4.74 Å². The Hall–Kier alpha value is -0.510. The predicted octanol–water partition coefficient (Wildman–Crippen LogP) is 2.27. The van der Waals surface area contributed by atoms with E-state index in [9.17, 15) is 5.11 Å². The van der Waals surface area contributed by atoms with Crippen molar-refractivity contribution in [3.63, 3.8) is 0 Å². The molecule has 0 bridgehead atoms. The van der Waals surface area contributed by atoms with Crippen molar-refractivity contribution in [1.82, 2.24) is 0 Å². The summed E-state index contributed by atoms with van der Waals surface area (Å²) in [6.07, 6.45) is 0. The van der Waals surface area contributed by atoms with Crippen LogP contribution in [-0.2, 0) is 4.74 Å². The largest absolute Gasteiger partial charge is 0.396 e. The van der Waals surface area contributed by atoms with Crippen LogP contribution in [-0.4, -0.2) is 30.2 Å². The van der Waals surface area contributed by atoms with E-state index in [1.54, 1.807) is 0 Å². The van der Waals surface area contributed by atoms with Gasteiger partial charge in [0.25, 0.3) is 0 Å². The Balaban J connectivity index is 2.13. The van der Waals surface area contributed by atoms with Crippen LogP contribution < -0.4 is 0 Å². The molecule has 0 saturated carbocycles. The Labute approximate surface area is 94.6 Å². The maximum atomic E-state index is 9.18. The Bertz CT molecular complexity index is 323. The molecule has 1 fully saturated rings. The molecular formula is C12H16O2S. The minimum Gasteiger partial charge on any atom is -0.396 e. The summed E-state index contributed by atoms with van der Waals surface area (Å²) in [4.78, 5) is 1.28. The quantitative estimate of drug-likeness (QED) is 0.850. The molecule has 1 aromatic rings. The molecule has 3 heteroatoms. The average Bonchev–Trinajstić information content (AvgIpc) is 2.23. The Kier molecular flexibility index (Phi) is 3.67. The second-order valence-corrected chi connectivity index (χ2v) is 5.24. The first kappa shape index (κ1) is 11.0. The Morgan fingerprint density at radius 2 is 2.20 bits per heavy atom. The molecule has 1 aliphatic rings. The van der Waals surface area contributed by atoms with Gasteiger partial charge in [0.1, 0.15) is 0 Å². The van der Waals surface area contributed by atoms with E-state index in [2.05, 4.69) is 25.1 Å². The molecule has 1 unspecified atom stereocenters. The maximum Gasteiger partial charge on any atom is 0.0611 e. The Morgan fingerprint density at radius 1 is 1.47 bits per heavy atom. The van der Waals surface area contributed by atoms with Crippen molar-refractivity contribution in [1.29, 1.82) is 0 Å². The third kappa shape index (κ3) is 2.54. The van der Waals surface area contributed by atoms with Gasteiger partial charge in [-0.2, -0.15) is 0 Å². The molecule has 0 aliphatic carbocycles. The fourth-order valence-electron chi connectivity index (χ4n) is 1.56. The van der Waals surface area contributed by atoms with E-state index in [0.29, 0.717) is 5.25 Å². The van der Waals surface area contributed by atoms with E-state index >= 15 is 0 Å². The zero-order valence-corrected chi connectivity index (χ0v) is 9.67. The standard InChI is InChI=1S/C12H16O2S/c1-9(6-13)11-4-2-3-5-12(11)15-10-7-14-8-10/h2-5,9-10,13H,6-8H2,1H3. The normalized spacial score (nSPS) is 18.5. The molecule has 2 rings (SSSR count). The summed E-state index contributed by atoms with van der Waals surface area (Å²) in [5, 5.41) is 9.78. The van der Waals surface area contributed by atoms with Gasteiger partial charge in [0.15, 0.2) is 0 Å². The lowest BCUT2D eigenvalue weighted by Crippen LogP contribution is -2.30. The van der Waals surface area contributed by atoms with E-state index in [0.717, 1.165) is 13.2 Å². The molecule has 2 nitrogen and oxygen atoms in total. The number of hydrogen-bond donors (Lipinski definition) is 1. The van der Waals surface area contributed by atoms with Crippen molar-refractivity contribution in [2.24, 2.45) is 0 Å². The summed E-state index contributed by atoms with van der Waals surface area (Å²) < 4.78 is 5.16. The van der Waals surface area contributed by atoms with Crippen molar-refractivity contribution >= 4 is 11.8 Å². The molecule has 15 heavy (non-hydrogen) atoms. The lowest BCUT2D eigenvalue weighted by molar-refractivity contribution is 0.0455. The molecule has 0 amide bonds. The smallest absolute Gasteiger partial charge is 0.0611 e. The number of ether oxygens (including phenoxy) is 1. The summed E-state index contributed by atoms with van der Waals surface area (Å²) in [5.41, 5.74) is 1.25. The molecule has 1 N–H and O–H groups in total. The van der Waals surface area contributed by atoms with Crippen LogP contribution in [0.5, 0.6) is 0 Å². The molecule has 1 atom stereocenters. The molecule has 1 saturated heterocycles. The number of benzene rings is 1. The summed E-state index contributed by atoms with van der Waals surface area (Å²) >= 11 is 1.86. The molecule has 82 valence electrons. The fraction of sp³-hybridized carbons (Fsp3) is 0.500. The topological polar surface area (TPSA) is 29.5 Å². The van der Waals surface area contributed by atoms with Crippen molar-refractivity contribution in [3.05, 3.63) is 29.8 Å². The van der Waals surface area contributed by atoms with E-state index in [1.807, 2.05) is 17.8 Å².